The molecule has 0 spiro atoms. The summed E-state index contributed by atoms with van der Waals surface area (Å²) < 4.78 is 35.8. The highest BCUT2D eigenvalue weighted by molar-refractivity contribution is 5.19. The van der Waals surface area contributed by atoms with Gasteiger partial charge in [-0.1, -0.05) is 37.3 Å². The number of hydrogen-bond donors (Lipinski definition) is 1. The van der Waals surface area contributed by atoms with E-state index in [1.54, 1.807) is 0 Å². The molecule has 0 saturated carbocycles. The highest BCUT2D eigenvalue weighted by atomic mass is 19.4. The van der Waals surface area contributed by atoms with Gasteiger partial charge in [0.15, 0.2) is 0 Å². The fraction of sp³-hybridized carbons (Fsp3) is 0.538. The number of hydrogen-bond acceptors (Lipinski definition) is 1. The zero-order chi connectivity index (χ0) is 12.9. The Labute approximate surface area is 99.3 Å². The van der Waals surface area contributed by atoms with Crippen molar-refractivity contribution in [3.63, 3.8) is 0 Å². The van der Waals surface area contributed by atoms with Crippen LogP contribution in [0.1, 0.15) is 37.7 Å². The summed E-state index contributed by atoms with van der Waals surface area (Å²) in [5.41, 5.74) is 0.951. The standard InChI is InChI=1S/C13H17F3O/c1-10(11-6-3-2-4-7-11)12(17)8-5-9-13(14,15)16/h2-4,6-7,10,12,17H,5,8-9H2,1H3. The molecule has 2 unspecified atom stereocenters. The molecule has 0 bridgehead atoms. The minimum Gasteiger partial charge on any atom is -0.393 e. The van der Waals surface area contributed by atoms with Crippen LogP contribution in [0.15, 0.2) is 30.3 Å². The first-order valence-electron chi connectivity index (χ1n) is 5.70. The highest BCUT2D eigenvalue weighted by Crippen LogP contribution is 2.26. The lowest BCUT2D eigenvalue weighted by Gasteiger charge is -2.19. The number of aliphatic hydroxyl groups is 1. The Bertz CT molecular complexity index is 321. The molecule has 1 aromatic rings. The number of aliphatic hydroxyl groups excluding tert-OH is 1. The number of halogens is 3. The Hall–Kier alpha value is -1.03. The molecule has 0 aromatic heterocycles. The van der Waals surface area contributed by atoms with Crippen molar-refractivity contribution in [3.05, 3.63) is 35.9 Å². The van der Waals surface area contributed by atoms with Crippen molar-refractivity contribution in [2.24, 2.45) is 0 Å². The molecule has 0 aliphatic heterocycles. The first kappa shape index (κ1) is 14.0. The van der Waals surface area contributed by atoms with E-state index in [1.165, 1.54) is 0 Å². The van der Waals surface area contributed by atoms with Crippen molar-refractivity contribution >= 4 is 0 Å². The van der Waals surface area contributed by atoms with Crippen molar-refractivity contribution in [2.75, 3.05) is 0 Å². The van der Waals surface area contributed by atoms with Crippen molar-refractivity contribution in [1.82, 2.24) is 0 Å². The Morgan fingerprint density at radius 3 is 2.29 bits per heavy atom. The van der Waals surface area contributed by atoms with Gasteiger partial charge in [0.1, 0.15) is 0 Å². The summed E-state index contributed by atoms with van der Waals surface area (Å²) in [5, 5.41) is 9.80. The molecule has 1 N–H and O–H groups in total. The minimum absolute atomic E-state index is 0.0260. The van der Waals surface area contributed by atoms with E-state index in [-0.39, 0.29) is 18.8 Å². The number of rotatable bonds is 5. The van der Waals surface area contributed by atoms with Crippen LogP contribution in [0.4, 0.5) is 13.2 Å². The molecule has 1 nitrogen and oxygen atoms in total. The van der Waals surface area contributed by atoms with E-state index in [4.69, 9.17) is 0 Å². The number of benzene rings is 1. The van der Waals surface area contributed by atoms with Crippen LogP contribution in [-0.2, 0) is 0 Å². The zero-order valence-electron chi connectivity index (χ0n) is 9.74. The topological polar surface area (TPSA) is 20.2 Å². The Kier molecular flexibility index (Phi) is 5.00. The second-order valence-corrected chi connectivity index (χ2v) is 4.27. The summed E-state index contributed by atoms with van der Waals surface area (Å²) in [5.74, 6) is -0.135. The highest BCUT2D eigenvalue weighted by Gasteiger charge is 2.27. The third-order valence-electron chi connectivity index (χ3n) is 2.86. The van der Waals surface area contributed by atoms with E-state index in [1.807, 2.05) is 37.3 Å². The van der Waals surface area contributed by atoms with Gasteiger partial charge in [-0.25, -0.2) is 0 Å². The Morgan fingerprint density at radius 2 is 1.76 bits per heavy atom. The summed E-state index contributed by atoms with van der Waals surface area (Å²) in [7, 11) is 0. The van der Waals surface area contributed by atoms with E-state index in [0.29, 0.717) is 0 Å². The van der Waals surface area contributed by atoms with Crippen molar-refractivity contribution in [2.45, 2.75) is 44.4 Å². The maximum absolute atomic E-state index is 11.9. The minimum atomic E-state index is -4.13. The molecule has 17 heavy (non-hydrogen) atoms. The lowest BCUT2D eigenvalue weighted by molar-refractivity contribution is -0.136. The monoisotopic (exact) mass is 246 g/mol. The summed E-state index contributed by atoms with van der Waals surface area (Å²) in [6, 6.07) is 9.32. The second-order valence-electron chi connectivity index (χ2n) is 4.27. The van der Waals surface area contributed by atoms with Gasteiger partial charge in [-0.2, -0.15) is 13.2 Å². The van der Waals surface area contributed by atoms with Crippen LogP contribution < -0.4 is 0 Å². The molecule has 0 aliphatic rings. The van der Waals surface area contributed by atoms with Gasteiger partial charge in [0.05, 0.1) is 6.10 Å². The molecule has 0 aliphatic carbocycles. The van der Waals surface area contributed by atoms with Crippen molar-refractivity contribution in [3.8, 4) is 0 Å². The first-order valence-corrected chi connectivity index (χ1v) is 5.70. The van der Waals surface area contributed by atoms with Crippen LogP contribution in [0, 0.1) is 0 Å². The van der Waals surface area contributed by atoms with Crippen molar-refractivity contribution < 1.29 is 18.3 Å². The molecule has 96 valence electrons. The average molecular weight is 246 g/mol. The SMILES string of the molecule is CC(c1ccccc1)C(O)CCCC(F)(F)F. The molecule has 4 heteroatoms. The van der Waals surface area contributed by atoms with Crippen LogP contribution in [0.2, 0.25) is 0 Å². The quantitative estimate of drug-likeness (QED) is 0.835. The normalized spacial score (nSPS) is 15.6. The fourth-order valence-corrected chi connectivity index (χ4v) is 1.74. The molecular weight excluding hydrogens is 229 g/mol. The first-order chi connectivity index (χ1) is 7.90. The zero-order valence-corrected chi connectivity index (χ0v) is 9.74. The predicted molar refractivity (Wildman–Crippen MR) is 60.8 cm³/mol. The van der Waals surface area contributed by atoms with E-state index >= 15 is 0 Å². The average Bonchev–Trinajstić information content (AvgIpc) is 2.27. The molecular formula is C13H17F3O. The van der Waals surface area contributed by atoms with E-state index < -0.39 is 18.7 Å². The molecule has 0 fully saturated rings. The molecule has 1 rings (SSSR count). The maximum atomic E-state index is 11.9. The van der Waals surface area contributed by atoms with Gasteiger partial charge in [0.25, 0.3) is 0 Å². The lowest BCUT2D eigenvalue weighted by atomic mass is 9.92. The van der Waals surface area contributed by atoms with Gasteiger partial charge in [-0.3, -0.25) is 0 Å². The molecule has 0 heterocycles. The third-order valence-corrected chi connectivity index (χ3v) is 2.86. The number of alkyl halides is 3. The Morgan fingerprint density at radius 1 is 1.18 bits per heavy atom. The fourth-order valence-electron chi connectivity index (χ4n) is 1.74. The van der Waals surface area contributed by atoms with Gasteiger partial charge in [0.2, 0.25) is 0 Å². The van der Waals surface area contributed by atoms with Crippen LogP contribution >= 0.6 is 0 Å². The lowest BCUT2D eigenvalue weighted by Crippen LogP contribution is -2.17. The van der Waals surface area contributed by atoms with Gasteiger partial charge in [0, 0.05) is 12.3 Å². The largest absolute Gasteiger partial charge is 0.393 e. The summed E-state index contributed by atoms with van der Waals surface area (Å²) in [6.07, 6.45) is -5.53. The van der Waals surface area contributed by atoms with E-state index in [9.17, 15) is 18.3 Å². The van der Waals surface area contributed by atoms with Crippen LogP contribution in [-0.4, -0.2) is 17.4 Å². The summed E-state index contributed by atoms with van der Waals surface area (Å²) in [6.45, 7) is 1.83. The Balaban J connectivity index is 2.40. The van der Waals surface area contributed by atoms with Crippen LogP contribution in [0.3, 0.4) is 0 Å². The molecule has 2 atom stereocenters. The van der Waals surface area contributed by atoms with Crippen LogP contribution in [0.25, 0.3) is 0 Å². The predicted octanol–water partition coefficient (Wildman–Crippen LogP) is 3.88. The van der Waals surface area contributed by atoms with Gasteiger partial charge >= 0.3 is 6.18 Å². The molecule has 0 amide bonds. The van der Waals surface area contributed by atoms with Crippen molar-refractivity contribution in [1.29, 1.82) is 0 Å². The molecule has 1 aromatic carbocycles. The summed E-state index contributed by atoms with van der Waals surface area (Å²) in [4.78, 5) is 0. The maximum Gasteiger partial charge on any atom is 0.389 e. The third kappa shape index (κ3) is 5.22. The molecule has 0 saturated heterocycles. The summed E-state index contributed by atoms with van der Waals surface area (Å²) >= 11 is 0. The van der Waals surface area contributed by atoms with Gasteiger partial charge < -0.3 is 5.11 Å². The van der Waals surface area contributed by atoms with E-state index in [2.05, 4.69) is 0 Å². The van der Waals surface area contributed by atoms with E-state index in [0.717, 1.165) is 5.56 Å². The van der Waals surface area contributed by atoms with Crippen LogP contribution in [0.5, 0.6) is 0 Å². The smallest absolute Gasteiger partial charge is 0.389 e. The second kappa shape index (κ2) is 6.05. The van der Waals surface area contributed by atoms with Gasteiger partial charge in [-0.05, 0) is 18.4 Å². The molecule has 0 radical (unpaired) electrons. The van der Waals surface area contributed by atoms with Gasteiger partial charge in [-0.15, -0.1) is 0 Å².